The molecule has 7 nitrogen and oxygen atoms in total. The first-order chi connectivity index (χ1) is 15.4. The van der Waals surface area contributed by atoms with Gasteiger partial charge in [0.15, 0.2) is 5.16 Å². The predicted molar refractivity (Wildman–Crippen MR) is 127 cm³/mol. The molecule has 4 aromatic rings. The van der Waals surface area contributed by atoms with Crippen LogP contribution in [0.1, 0.15) is 31.7 Å². The minimum absolute atomic E-state index is 0.294. The topological polar surface area (TPSA) is 97.2 Å². The van der Waals surface area contributed by atoms with Gasteiger partial charge in [-0.2, -0.15) is 0 Å². The van der Waals surface area contributed by atoms with Crippen LogP contribution in [-0.2, 0) is 4.79 Å². The molecule has 0 spiro atoms. The molecule has 2 aromatic heterocycles. The Morgan fingerprint density at radius 2 is 2.06 bits per heavy atom. The van der Waals surface area contributed by atoms with Gasteiger partial charge in [-0.1, -0.05) is 55.8 Å². The van der Waals surface area contributed by atoms with Crippen molar-refractivity contribution in [2.45, 2.75) is 43.5 Å². The predicted octanol–water partition coefficient (Wildman–Crippen LogP) is 4.92. The number of para-hydroxylation sites is 1. The quantitative estimate of drug-likeness (QED) is 0.292. The van der Waals surface area contributed by atoms with Gasteiger partial charge in [-0.05, 0) is 37.1 Å². The lowest BCUT2D eigenvalue weighted by Crippen LogP contribution is -2.25. The zero-order valence-corrected chi connectivity index (χ0v) is 19.0. The first kappa shape index (κ1) is 22.0. The Bertz CT molecular complexity index is 1360. The number of ether oxygens (including phenoxy) is 1. The Kier molecular flexibility index (Phi) is 6.23. The smallest absolute Gasteiger partial charge is 0.317 e. The summed E-state index contributed by atoms with van der Waals surface area (Å²) < 4.78 is 7.00. The molecule has 166 valence electrons. The lowest BCUT2D eigenvalue weighted by atomic mass is 10.2. The molecule has 1 unspecified atom stereocenters. The fraction of sp³-hybridized carbons (Fsp3) is 0.292. The molecule has 0 saturated carbocycles. The van der Waals surface area contributed by atoms with Crippen molar-refractivity contribution in [3.05, 3.63) is 58.4 Å². The van der Waals surface area contributed by atoms with Crippen LogP contribution < -0.4 is 10.3 Å². The van der Waals surface area contributed by atoms with Crippen molar-refractivity contribution in [2.75, 3.05) is 7.11 Å². The number of carbonyl (C=O) groups is 1. The SMILES string of the molecule is CCCCC(Sc1nc2c([nH]c3ccccc32)c(=O)n1-c1cc(C)ccc1OC)C(=O)O. The monoisotopic (exact) mass is 451 g/mol. The summed E-state index contributed by atoms with van der Waals surface area (Å²) in [5.41, 5.74) is 2.90. The Morgan fingerprint density at radius 3 is 2.78 bits per heavy atom. The summed E-state index contributed by atoms with van der Waals surface area (Å²) in [5, 5.41) is 10.3. The number of nitrogens with one attached hydrogen (secondary N) is 1. The Balaban J connectivity index is 2.02. The van der Waals surface area contributed by atoms with Crippen LogP contribution in [0.25, 0.3) is 27.6 Å². The number of hydrogen-bond donors (Lipinski definition) is 2. The number of aryl methyl sites for hydroxylation is 1. The molecule has 0 aliphatic carbocycles. The van der Waals surface area contributed by atoms with Crippen molar-refractivity contribution in [3.8, 4) is 11.4 Å². The van der Waals surface area contributed by atoms with Crippen LogP contribution in [0.2, 0.25) is 0 Å². The van der Waals surface area contributed by atoms with E-state index in [1.807, 2.05) is 50.2 Å². The van der Waals surface area contributed by atoms with E-state index in [2.05, 4.69) is 4.98 Å². The summed E-state index contributed by atoms with van der Waals surface area (Å²) in [6.45, 7) is 3.95. The highest BCUT2D eigenvalue weighted by Crippen LogP contribution is 2.33. The average Bonchev–Trinajstić information content (AvgIpc) is 3.15. The molecular formula is C24H25N3O4S. The van der Waals surface area contributed by atoms with Crippen molar-refractivity contribution in [1.82, 2.24) is 14.5 Å². The summed E-state index contributed by atoms with van der Waals surface area (Å²) in [6, 6.07) is 13.1. The van der Waals surface area contributed by atoms with Crippen LogP contribution in [0.5, 0.6) is 5.75 Å². The lowest BCUT2D eigenvalue weighted by Gasteiger charge is -2.18. The number of thioether (sulfide) groups is 1. The second-order valence-corrected chi connectivity index (χ2v) is 8.86. The highest BCUT2D eigenvalue weighted by Gasteiger charge is 2.25. The van der Waals surface area contributed by atoms with Crippen LogP contribution in [-0.4, -0.2) is 38.0 Å². The van der Waals surface area contributed by atoms with Crippen LogP contribution in [0.15, 0.2) is 52.4 Å². The summed E-state index contributed by atoms with van der Waals surface area (Å²) >= 11 is 1.11. The average molecular weight is 452 g/mol. The molecule has 0 amide bonds. The van der Waals surface area contributed by atoms with E-state index in [-0.39, 0.29) is 5.56 Å². The van der Waals surface area contributed by atoms with E-state index in [4.69, 9.17) is 9.72 Å². The number of aromatic nitrogens is 3. The zero-order chi connectivity index (χ0) is 22.8. The largest absolute Gasteiger partial charge is 0.495 e. The third-order valence-corrected chi connectivity index (χ3v) is 6.62. The number of fused-ring (bicyclic) bond motifs is 3. The fourth-order valence-corrected chi connectivity index (χ4v) is 4.83. The van der Waals surface area contributed by atoms with E-state index in [1.165, 1.54) is 4.57 Å². The molecule has 4 rings (SSSR count). The van der Waals surface area contributed by atoms with Gasteiger partial charge in [0.05, 0.1) is 12.8 Å². The van der Waals surface area contributed by atoms with Crippen molar-refractivity contribution >= 4 is 39.7 Å². The number of aromatic amines is 1. The number of benzene rings is 2. The summed E-state index contributed by atoms with van der Waals surface area (Å²) in [5.74, 6) is -0.406. The molecule has 0 aliphatic rings. The van der Waals surface area contributed by atoms with Gasteiger partial charge in [-0.3, -0.25) is 9.59 Å². The number of hydrogen-bond acceptors (Lipinski definition) is 5. The molecule has 0 bridgehead atoms. The van der Waals surface area contributed by atoms with E-state index in [9.17, 15) is 14.7 Å². The standard InChI is InChI=1S/C24H25N3O4S/c1-4-5-10-19(23(29)30)32-24-26-20-15-8-6-7-9-16(15)25-21(20)22(28)27(24)17-13-14(2)11-12-18(17)31-3/h6-9,11-13,19,25H,4-5,10H2,1-3H3,(H,29,30). The van der Waals surface area contributed by atoms with Crippen LogP contribution in [0.3, 0.4) is 0 Å². The maximum atomic E-state index is 13.7. The number of nitrogens with zero attached hydrogens (tertiary/aromatic N) is 2. The molecule has 2 heterocycles. The number of carboxylic acids is 1. The fourth-order valence-electron chi connectivity index (χ4n) is 3.76. The highest BCUT2D eigenvalue weighted by atomic mass is 32.2. The number of unbranched alkanes of at least 4 members (excludes halogenated alkanes) is 1. The van der Waals surface area contributed by atoms with Crippen molar-refractivity contribution in [2.24, 2.45) is 0 Å². The summed E-state index contributed by atoms with van der Waals surface area (Å²) in [4.78, 5) is 33.7. The van der Waals surface area contributed by atoms with E-state index in [0.29, 0.717) is 34.0 Å². The second-order valence-electron chi connectivity index (χ2n) is 7.69. The molecule has 2 aromatic carbocycles. The molecular weight excluding hydrogens is 426 g/mol. The minimum Gasteiger partial charge on any atom is -0.495 e. The Morgan fingerprint density at radius 1 is 1.28 bits per heavy atom. The van der Waals surface area contributed by atoms with Gasteiger partial charge in [-0.25, -0.2) is 9.55 Å². The van der Waals surface area contributed by atoms with Crippen LogP contribution >= 0.6 is 11.8 Å². The number of carboxylic acid groups (broad SMARTS) is 1. The number of aliphatic carboxylic acids is 1. The third-order valence-electron chi connectivity index (χ3n) is 5.41. The lowest BCUT2D eigenvalue weighted by molar-refractivity contribution is -0.136. The van der Waals surface area contributed by atoms with Gasteiger partial charge in [-0.15, -0.1) is 0 Å². The van der Waals surface area contributed by atoms with Gasteiger partial charge in [0.1, 0.15) is 22.0 Å². The maximum absolute atomic E-state index is 13.7. The van der Waals surface area contributed by atoms with Crippen molar-refractivity contribution < 1.29 is 14.6 Å². The third kappa shape index (κ3) is 3.98. The number of rotatable bonds is 8. The number of methoxy groups -OCH3 is 1. The van der Waals surface area contributed by atoms with Crippen LogP contribution in [0.4, 0.5) is 0 Å². The van der Waals surface area contributed by atoms with Gasteiger partial charge in [0, 0.05) is 10.9 Å². The van der Waals surface area contributed by atoms with Gasteiger partial charge in [0.25, 0.3) is 5.56 Å². The molecule has 32 heavy (non-hydrogen) atoms. The molecule has 0 fully saturated rings. The summed E-state index contributed by atoms with van der Waals surface area (Å²) in [7, 11) is 1.54. The molecule has 0 aliphatic heterocycles. The zero-order valence-electron chi connectivity index (χ0n) is 18.2. The molecule has 2 N–H and O–H groups in total. The van der Waals surface area contributed by atoms with Crippen LogP contribution in [0, 0.1) is 6.92 Å². The van der Waals surface area contributed by atoms with Crippen molar-refractivity contribution in [1.29, 1.82) is 0 Å². The van der Waals surface area contributed by atoms with E-state index >= 15 is 0 Å². The van der Waals surface area contributed by atoms with E-state index in [1.54, 1.807) is 13.2 Å². The van der Waals surface area contributed by atoms with E-state index in [0.717, 1.165) is 41.1 Å². The Hall–Kier alpha value is -3.26. The number of H-pyrrole nitrogens is 1. The normalized spacial score (nSPS) is 12.3. The van der Waals surface area contributed by atoms with E-state index < -0.39 is 11.2 Å². The second kappa shape index (κ2) is 9.08. The highest BCUT2D eigenvalue weighted by molar-refractivity contribution is 8.00. The molecule has 1 atom stereocenters. The van der Waals surface area contributed by atoms with Gasteiger partial charge < -0.3 is 14.8 Å². The van der Waals surface area contributed by atoms with Gasteiger partial charge in [0.2, 0.25) is 0 Å². The molecule has 8 heteroatoms. The summed E-state index contributed by atoms with van der Waals surface area (Å²) in [6.07, 6.45) is 2.15. The first-order valence-corrected chi connectivity index (χ1v) is 11.4. The Labute approximate surface area is 189 Å². The first-order valence-electron chi connectivity index (χ1n) is 10.5. The molecule has 0 saturated heterocycles. The minimum atomic E-state index is -0.917. The maximum Gasteiger partial charge on any atom is 0.317 e. The molecule has 0 radical (unpaired) electrons. The van der Waals surface area contributed by atoms with Gasteiger partial charge >= 0.3 is 5.97 Å². The van der Waals surface area contributed by atoms with Crippen molar-refractivity contribution in [3.63, 3.8) is 0 Å².